The van der Waals surface area contributed by atoms with Gasteiger partial charge in [-0.05, 0) is 74.9 Å². The SMILES string of the molecule is C[C@H](C1CC1)N(C(=O)C1CCN(c2ccccn2)CC1)c1ccc(Cl)cc1. The summed E-state index contributed by atoms with van der Waals surface area (Å²) < 4.78 is 0. The van der Waals surface area contributed by atoms with E-state index in [-0.39, 0.29) is 17.9 Å². The Kier molecular flexibility index (Phi) is 5.35. The van der Waals surface area contributed by atoms with Crippen molar-refractivity contribution in [3.8, 4) is 0 Å². The average molecular weight is 384 g/mol. The van der Waals surface area contributed by atoms with E-state index in [9.17, 15) is 4.79 Å². The zero-order valence-corrected chi connectivity index (χ0v) is 16.5. The number of anilines is 2. The summed E-state index contributed by atoms with van der Waals surface area (Å²) in [4.78, 5) is 22.2. The number of benzene rings is 1. The number of aromatic nitrogens is 1. The van der Waals surface area contributed by atoms with Gasteiger partial charge in [-0.2, -0.15) is 0 Å². The number of amides is 1. The molecule has 2 fully saturated rings. The molecule has 1 aliphatic heterocycles. The smallest absolute Gasteiger partial charge is 0.230 e. The first-order valence-corrected chi connectivity index (χ1v) is 10.3. The molecule has 4 nitrogen and oxygen atoms in total. The Morgan fingerprint density at radius 2 is 1.81 bits per heavy atom. The second kappa shape index (κ2) is 7.89. The lowest BCUT2D eigenvalue weighted by atomic mass is 9.94. The van der Waals surface area contributed by atoms with Crippen LogP contribution < -0.4 is 9.80 Å². The maximum atomic E-state index is 13.5. The van der Waals surface area contributed by atoms with Crippen molar-refractivity contribution < 1.29 is 4.79 Å². The summed E-state index contributed by atoms with van der Waals surface area (Å²) in [6.07, 6.45) is 6.01. The predicted molar refractivity (Wildman–Crippen MR) is 110 cm³/mol. The van der Waals surface area contributed by atoms with Crippen molar-refractivity contribution in [2.45, 2.75) is 38.6 Å². The normalized spacial score (nSPS) is 19.0. The molecule has 2 aliphatic rings. The molecule has 1 aromatic heterocycles. The largest absolute Gasteiger partial charge is 0.357 e. The van der Waals surface area contributed by atoms with Crippen molar-refractivity contribution in [2.75, 3.05) is 22.9 Å². The van der Waals surface area contributed by atoms with Crippen LogP contribution in [0.15, 0.2) is 48.7 Å². The lowest BCUT2D eigenvalue weighted by Gasteiger charge is -2.37. The number of rotatable bonds is 5. The first kappa shape index (κ1) is 18.3. The molecule has 1 aliphatic carbocycles. The van der Waals surface area contributed by atoms with Crippen LogP contribution in [0.5, 0.6) is 0 Å². The lowest BCUT2D eigenvalue weighted by molar-refractivity contribution is -0.123. The zero-order chi connectivity index (χ0) is 18.8. The van der Waals surface area contributed by atoms with E-state index in [0.717, 1.165) is 37.4 Å². The number of carbonyl (C=O) groups excluding carboxylic acids is 1. The molecular formula is C22H26ClN3O. The summed E-state index contributed by atoms with van der Waals surface area (Å²) in [5.41, 5.74) is 0.968. The third kappa shape index (κ3) is 4.11. The quantitative estimate of drug-likeness (QED) is 0.745. The number of pyridine rings is 1. The van der Waals surface area contributed by atoms with Gasteiger partial charge in [-0.1, -0.05) is 17.7 Å². The first-order valence-electron chi connectivity index (χ1n) is 9.88. The molecule has 0 radical (unpaired) electrons. The Morgan fingerprint density at radius 1 is 1.11 bits per heavy atom. The minimum Gasteiger partial charge on any atom is -0.357 e. The van der Waals surface area contributed by atoms with Gasteiger partial charge < -0.3 is 9.80 Å². The highest BCUT2D eigenvalue weighted by Gasteiger charge is 2.38. The maximum Gasteiger partial charge on any atom is 0.230 e. The van der Waals surface area contributed by atoms with Crippen molar-refractivity contribution in [3.63, 3.8) is 0 Å². The molecule has 0 bridgehead atoms. The Morgan fingerprint density at radius 3 is 2.41 bits per heavy atom. The average Bonchev–Trinajstić information content (AvgIpc) is 3.56. The van der Waals surface area contributed by atoms with E-state index in [1.54, 1.807) is 0 Å². The number of carbonyl (C=O) groups is 1. The molecule has 1 saturated carbocycles. The van der Waals surface area contributed by atoms with Gasteiger partial charge in [0.15, 0.2) is 0 Å². The van der Waals surface area contributed by atoms with E-state index in [1.165, 1.54) is 12.8 Å². The minimum atomic E-state index is 0.0711. The number of halogens is 1. The molecule has 1 saturated heterocycles. The highest BCUT2D eigenvalue weighted by molar-refractivity contribution is 6.30. The van der Waals surface area contributed by atoms with E-state index < -0.39 is 0 Å². The second-order valence-electron chi connectivity index (χ2n) is 7.71. The van der Waals surface area contributed by atoms with Gasteiger partial charge in [-0.3, -0.25) is 4.79 Å². The minimum absolute atomic E-state index is 0.0711. The van der Waals surface area contributed by atoms with E-state index in [1.807, 2.05) is 53.6 Å². The van der Waals surface area contributed by atoms with Crippen LogP contribution in [0.3, 0.4) is 0 Å². The van der Waals surface area contributed by atoms with Crippen molar-refractivity contribution in [1.82, 2.24) is 4.98 Å². The molecule has 1 amide bonds. The molecule has 27 heavy (non-hydrogen) atoms. The van der Waals surface area contributed by atoms with E-state index in [2.05, 4.69) is 16.8 Å². The van der Waals surface area contributed by atoms with Gasteiger partial charge in [-0.15, -0.1) is 0 Å². The highest BCUT2D eigenvalue weighted by Crippen LogP contribution is 2.38. The Balaban J connectivity index is 1.48. The van der Waals surface area contributed by atoms with Crippen LogP contribution in [0.4, 0.5) is 11.5 Å². The third-order valence-electron chi connectivity index (χ3n) is 5.87. The van der Waals surface area contributed by atoms with Gasteiger partial charge in [-0.25, -0.2) is 4.98 Å². The molecule has 1 atom stereocenters. The van der Waals surface area contributed by atoms with Crippen LogP contribution in [-0.4, -0.2) is 30.0 Å². The fraction of sp³-hybridized carbons (Fsp3) is 0.455. The third-order valence-corrected chi connectivity index (χ3v) is 6.12. The lowest BCUT2D eigenvalue weighted by Crippen LogP contribution is -2.47. The fourth-order valence-electron chi connectivity index (χ4n) is 4.05. The Bertz CT molecular complexity index is 768. The van der Waals surface area contributed by atoms with Crippen LogP contribution >= 0.6 is 11.6 Å². The van der Waals surface area contributed by atoms with Crippen molar-refractivity contribution in [2.24, 2.45) is 11.8 Å². The maximum absolute atomic E-state index is 13.5. The van der Waals surface area contributed by atoms with Crippen LogP contribution in [0, 0.1) is 11.8 Å². The Hall–Kier alpha value is -2.07. The standard InChI is InChI=1S/C22H26ClN3O/c1-16(17-5-6-17)26(20-9-7-19(23)8-10-20)22(27)18-11-14-25(15-12-18)21-4-2-3-13-24-21/h2-4,7-10,13,16-18H,5-6,11-12,14-15H2,1H3/t16-/m1/s1. The van der Waals surface area contributed by atoms with Gasteiger partial charge in [0, 0.05) is 42.0 Å². The molecule has 5 heteroatoms. The fourth-order valence-corrected chi connectivity index (χ4v) is 4.17. The molecule has 0 N–H and O–H groups in total. The molecular weight excluding hydrogens is 358 g/mol. The van der Waals surface area contributed by atoms with Gasteiger partial charge in [0.2, 0.25) is 5.91 Å². The van der Waals surface area contributed by atoms with Crippen LogP contribution in [0.1, 0.15) is 32.6 Å². The van der Waals surface area contributed by atoms with Crippen molar-refractivity contribution in [1.29, 1.82) is 0 Å². The van der Waals surface area contributed by atoms with Crippen LogP contribution in [0.2, 0.25) is 5.02 Å². The molecule has 4 rings (SSSR count). The molecule has 142 valence electrons. The van der Waals surface area contributed by atoms with Crippen molar-refractivity contribution >= 4 is 29.0 Å². The van der Waals surface area contributed by atoms with Crippen LogP contribution in [-0.2, 0) is 4.79 Å². The number of nitrogens with zero attached hydrogens (tertiary/aromatic N) is 3. The highest BCUT2D eigenvalue weighted by atomic mass is 35.5. The zero-order valence-electron chi connectivity index (χ0n) is 15.7. The van der Waals surface area contributed by atoms with Gasteiger partial charge in [0.25, 0.3) is 0 Å². The molecule has 0 spiro atoms. The molecule has 2 aromatic rings. The van der Waals surface area contributed by atoms with E-state index in [4.69, 9.17) is 11.6 Å². The predicted octanol–water partition coefficient (Wildman–Crippen LogP) is 4.78. The summed E-state index contributed by atoms with van der Waals surface area (Å²) in [5.74, 6) is 1.96. The topological polar surface area (TPSA) is 36.4 Å². The summed E-state index contributed by atoms with van der Waals surface area (Å²) in [7, 11) is 0. The monoisotopic (exact) mass is 383 g/mol. The molecule has 2 heterocycles. The Labute approximate surface area is 166 Å². The summed E-state index contributed by atoms with van der Waals surface area (Å²) in [6, 6.07) is 13.9. The number of hydrogen-bond donors (Lipinski definition) is 0. The number of hydrogen-bond acceptors (Lipinski definition) is 3. The van der Waals surface area contributed by atoms with E-state index in [0.29, 0.717) is 10.9 Å². The summed E-state index contributed by atoms with van der Waals surface area (Å²) in [6.45, 7) is 3.94. The summed E-state index contributed by atoms with van der Waals surface area (Å²) >= 11 is 6.06. The van der Waals surface area contributed by atoms with Gasteiger partial charge in [0.1, 0.15) is 5.82 Å². The number of piperidine rings is 1. The second-order valence-corrected chi connectivity index (χ2v) is 8.15. The molecule has 0 unspecified atom stereocenters. The first-order chi connectivity index (χ1) is 13.1. The van der Waals surface area contributed by atoms with Crippen LogP contribution in [0.25, 0.3) is 0 Å². The molecule has 1 aromatic carbocycles. The summed E-state index contributed by atoms with van der Waals surface area (Å²) in [5, 5.41) is 0.703. The van der Waals surface area contributed by atoms with Gasteiger partial charge in [0.05, 0.1) is 0 Å². The van der Waals surface area contributed by atoms with Gasteiger partial charge >= 0.3 is 0 Å². The van der Waals surface area contributed by atoms with Crippen molar-refractivity contribution in [3.05, 3.63) is 53.7 Å². The van der Waals surface area contributed by atoms with E-state index >= 15 is 0 Å².